The third-order valence-corrected chi connectivity index (χ3v) is 5.29. The lowest BCUT2D eigenvalue weighted by Crippen LogP contribution is -2.55. The van der Waals surface area contributed by atoms with Crippen molar-refractivity contribution in [3.05, 3.63) is 57.2 Å². The number of thiazole rings is 1. The molecule has 1 aliphatic rings. The smallest absolute Gasteiger partial charge is 0.212 e. The molecule has 5 nitrogen and oxygen atoms in total. The quantitative estimate of drug-likeness (QED) is 0.825. The number of hydrogen-bond donors (Lipinski definition) is 2. The molecule has 134 valence electrons. The maximum atomic E-state index is 6.60. The van der Waals surface area contributed by atoms with E-state index in [2.05, 4.69) is 9.97 Å². The molecule has 25 heavy (non-hydrogen) atoms. The van der Waals surface area contributed by atoms with E-state index in [1.165, 1.54) is 11.3 Å². The minimum atomic E-state index is -0.756. The van der Waals surface area contributed by atoms with Gasteiger partial charge in [0, 0.05) is 30.3 Å². The van der Waals surface area contributed by atoms with Crippen LogP contribution in [0.1, 0.15) is 16.3 Å². The average Bonchev–Trinajstić information content (AvgIpc) is 2.87. The SMILES string of the molecule is COc1ccc(C2=CC(N)(Cc3nc(C)sc3Cl)C(N)C=C2)cn1.Cl. The van der Waals surface area contributed by atoms with Crippen molar-refractivity contribution in [2.24, 2.45) is 11.5 Å². The Morgan fingerprint density at radius 2 is 2.16 bits per heavy atom. The first-order valence-electron chi connectivity index (χ1n) is 7.49. The van der Waals surface area contributed by atoms with Crippen molar-refractivity contribution in [3.63, 3.8) is 0 Å². The van der Waals surface area contributed by atoms with Crippen LogP contribution in [-0.2, 0) is 6.42 Å². The fourth-order valence-electron chi connectivity index (χ4n) is 2.69. The predicted octanol–water partition coefficient (Wildman–Crippen LogP) is 3.15. The second-order valence-electron chi connectivity index (χ2n) is 5.82. The highest BCUT2D eigenvalue weighted by Crippen LogP contribution is 2.32. The van der Waals surface area contributed by atoms with Crippen molar-refractivity contribution in [1.29, 1.82) is 0 Å². The Kier molecular flexibility index (Phi) is 6.24. The van der Waals surface area contributed by atoms with Gasteiger partial charge in [-0.05, 0) is 18.6 Å². The first-order valence-corrected chi connectivity index (χ1v) is 8.68. The molecule has 0 saturated carbocycles. The second kappa shape index (κ2) is 7.85. The Balaban J connectivity index is 0.00000225. The van der Waals surface area contributed by atoms with Crippen LogP contribution in [0.15, 0.2) is 36.6 Å². The molecule has 2 aromatic rings. The van der Waals surface area contributed by atoms with E-state index in [0.29, 0.717) is 16.6 Å². The predicted molar refractivity (Wildman–Crippen MR) is 106 cm³/mol. The molecule has 2 aromatic heterocycles. The van der Waals surface area contributed by atoms with Gasteiger partial charge in [0.05, 0.1) is 23.4 Å². The molecule has 2 atom stereocenters. The monoisotopic (exact) mass is 398 g/mol. The van der Waals surface area contributed by atoms with Gasteiger partial charge in [-0.25, -0.2) is 9.97 Å². The summed E-state index contributed by atoms with van der Waals surface area (Å²) in [6.07, 6.45) is 8.09. The number of hydrogen-bond acceptors (Lipinski definition) is 6. The summed E-state index contributed by atoms with van der Waals surface area (Å²) in [7, 11) is 1.59. The van der Waals surface area contributed by atoms with Gasteiger partial charge in [-0.3, -0.25) is 0 Å². The minimum Gasteiger partial charge on any atom is -0.481 e. The number of rotatable bonds is 4. The van der Waals surface area contributed by atoms with Crippen LogP contribution < -0.4 is 16.2 Å². The van der Waals surface area contributed by atoms with E-state index in [-0.39, 0.29) is 18.4 Å². The zero-order valence-corrected chi connectivity index (χ0v) is 16.3. The number of nitrogens with two attached hydrogens (primary N) is 2. The summed E-state index contributed by atoms with van der Waals surface area (Å²) in [6, 6.07) is 3.45. The summed E-state index contributed by atoms with van der Waals surface area (Å²) in [4.78, 5) is 8.71. The Hall–Kier alpha value is -1.44. The Bertz CT molecular complexity index is 803. The number of nitrogens with zero attached hydrogens (tertiary/aromatic N) is 2. The maximum Gasteiger partial charge on any atom is 0.212 e. The van der Waals surface area contributed by atoms with Gasteiger partial charge in [-0.15, -0.1) is 23.7 Å². The molecule has 0 fully saturated rings. The molecule has 0 saturated heterocycles. The first kappa shape index (κ1) is 19.9. The fraction of sp³-hybridized carbons (Fsp3) is 0.294. The van der Waals surface area contributed by atoms with Gasteiger partial charge < -0.3 is 16.2 Å². The molecule has 8 heteroatoms. The molecule has 0 spiro atoms. The molecule has 2 heterocycles. The lowest BCUT2D eigenvalue weighted by atomic mass is 9.80. The molecule has 0 radical (unpaired) electrons. The second-order valence-corrected chi connectivity index (χ2v) is 7.62. The summed E-state index contributed by atoms with van der Waals surface area (Å²) in [5, 5.41) is 0.919. The molecule has 2 unspecified atom stereocenters. The summed E-state index contributed by atoms with van der Waals surface area (Å²) < 4.78 is 5.76. The van der Waals surface area contributed by atoms with Gasteiger partial charge in [0.15, 0.2) is 0 Å². The summed E-state index contributed by atoms with van der Waals surface area (Å²) in [5.74, 6) is 0.569. The van der Waals surface area contributed by atoms with E-state index in [1.807, 2.05) is 37.3 Å². The van der Waals surface area contributed by atoms with Crippen LogP contribution in [-0.4, -0.2) is 28.7 Å². The topological polar surface area (TPSA) is 87.0 Å². The van der Waals surface area contributed by atoms with E-state index in [4.69, 9.17) is 27.8 Å². The van der Waals surface area contributed by atoms with Crippen LogP contribution in [0.25, 0.3) is 5.57 Å². The van der Waals surface area contributed by atoms with Crippen molar-refractivity contribution in [2.75, 3.05) is 7.11 Å². The largest absolute Gasteiger partial charge is 0.481 e. The van der Waals surface area contributed by atoms with Crippen molar-refractivity contribution >= 4 is 40.9 Å². The zero-order valence-electron chi connectivity index (χ0n) is 13.9. The third-order valence-electron chi connectivity index (χ3n) is 4.04. The van der Waals surface area contributed by atoms with E-state index >= 15 is 0 Å². The maximum absolute atomic E-state index is 6.60. The molecular weight excluding hydrogens is 379 g/mol. The Labute approximate surface area is 162 Å². The van der Waals surface area contributed by atoms with Crippen LogP contribution in [0, 0.1) is 6.92 Å². The minimum absolute atomic E-state index is 0. The number of ether oxygens (including phenoxy) is 1. The van der Waals surface area contributed by atoms with Gasteiger partial charge >= 0.3 is 0 Å². The summed E-state index contributed by atoms with van der Waals surface area (Å²) >= 11 is 7.71. The van der Waals surface area contributed by atoms with E-state index in [0.717, 1.165) is 21.8 Å². The molecule has 3 rings (SSSR count). The Morgan fingerprint density at radius 3 is 2.72 bits per heavy atom. The number of aryl methyl sites for hydroxylation is 1. The number of halogens is 2. The number of aromatic nitrogens is 2. The van der Waals surface area contributed by atoms with Crippen LogP contribution in [0.5, 0.6) is 5.88 Å². The highest BCUT2D eigenvalue weighted by Gasteiger charge is 2.33. The number of allylic oxidation sites excluding steroid dienone is 2. The van der Waals surface area contributed by atoms with Crippen molar-refractivity contribution in [3.8, 4) is 5.88 Å². The molecule has 0 aromatic carbocycles. The van der Waals surface area contributed by atoms with Crippen LogP contribution in [0.2, 0.25) is 4.34 Å². The van der Waals surface area contributed by atoms with Crippen LogP contribution in [0.4, 0.5) is 0 Å². The van der Waals surface area contributed by atoms with E-state index in [1.54, 1.807) is 13.3 Å². The van der Waals surface area contributed by atoms with Gasteiger partial charge in [0.1, 0.15) is 4.34 Å². The molecule has 1 aliphatic carbocycles. The lowest BCUT2D eigenvalue weighted by molar-refractivity contribution is 0.398. The fourth-order valence-corrected chi connectivity index (χ4v) is 3.78. The van der Waals surface area contributed by atoms with Crippen LogP contribution >= 0.6 is 35.3 Å². The molecule has 0 bridgehead atoms. The highest BCUT2D eigenvalue weighted by molar-refractivity contribution is 7.15. The first-order chi connectivity index (χ1) is 11.4. The van der Waals surface area contributed by atoms with Crippen molar-refractivity contribution in [1.82, 2.24) is 9.97 Å². The van der Waals surface area contributed by atoms with Crippen molar-refractivity contribution < 1.29 is 4.74 Å². The van der Waals surface area contributed by atoms with E-state index < -0.39 is 5.54 Å². The molecular formula is C17H20Cl2N4OS. The highest BCUT2D eigenvalue weighted by atomic mass is 35.5. The average molecular weight is 399 g/mol. The van der Waals surface area contributed by atoms with Gasteiger partial charge in [-0.2, -0.15) is 0 Å². The normalized spacial score (nSPS) is 22.3. The summed E-state index contributed by atoms with van der Waals surface area (Å²) in [6.45, 7) is 1.92. The third kappa shape index (κ3) is 4.22. The Morgan fingerprint density at radius 1 is 1.40 bits per heavy atom. The zero-order chi connectivity index (χ0) is 17.3. The molecule has 0 aliphatic heterocycles. The molecule has 4 N–H and O–H groups in total. The summed E-state index contributed by atoms with van der Waals surface area (Å²) in [5.41, 5.74) is 14.8. The van der Waals surface area contributed by atoms with Gasteiger partial charge in [-0.1, -0.05) is 29.8 Å². The van der Waals surface area contributed by atoms with E-state index in [9.17, 15) is 0 Å². The van der Waals surface area contributed by atoms with Crippen molar-refractivity contribution in [2.45, 2.75) is 24.9 Å². The number of pyridine rings is 1. The van der Waals surface area contributed by atoms with Crippen LogP contribution in [0.3, 0.4) is 0 Å². The standard InChI is InChI=1S/C17H19ClN4OS.ClH/c1-10-22-13(16(18)24-10)8-17(20)7-11(3-5-14(17)19)12-4-6-15(23-2)21-9-12;/h3-7,9,14H,8,19-20H2,1-2H3;1H. The van der Waals surface area contributed by atoms with Gasteiger partial charge in [0.25, 0.3) is 0 Å². The molecule has 0 amide bonds. The van der Waals surface area contributed by atoms with Gasteiger partial charge in [0.2, 0.25) is 5.88 Å². The lowest BCUT2D eigenvalue weighted by Gasteiger charge is -2.34. The number of methoxy groups -OCH3 is 1.